The van der Waals surface area contributed by atoms with E-state index in [9.17, 15) is 4.79 Å². The number of rotatable bonds is 7. The minimum atomic E-state index is -0.106. The molecule has 2 heterocycles. The van der Waals surface area contributed by atoms with Gasteiger partial charge in [0.05, 0.1) is 31.4 Å². The third-order valence-electron chi connectivity index (χ3n) is 3.87. The summed E-state index contributed by atoms with van der Waals surface area (Å²) in [6.07, 6.45) is 3.75. The Bertz CT molecular complexity index is 465. The fourth-order valence-corrected chi connectivity index (χ4v) is 2.60. The van der Waals surface area contributed by atoms with E-state index >= 15 is 0 Å². The first-order valence-electron chi connectivity index (χ1n) is 7.77. The number of carbonyl (C=O) groups excluding carboxylic acids is 1. The van der Waals surface area contributed by atoms with Gasteiger partial charge < -0.3 is 15.4 Å². The van der Waals surface area contributed by atoms with Crippen molar-refractivity contribution >= 4 is 5.91 Å². The first kappa shape index (κ1) is 15.9. The lowest BCUT2D eigenvalue weighted by molar-refractivity contribution is -0.125. The SMILES string of the molecule is CCCNC1COCC1C(=O)NCc1ncccc1CC. The monoisotopic (exact) mass is 291 g/mol. The van der Waals surface area contributed by atoms with E-state index in [1.54, 1.807) is 6.20 Å². The zero-order valence-electron chi connectivity index (χ0n) is 12.9. The van der Waals surface area contributed by atoms with Crippen LogP contribution in [0, 0.1) is 5.92 Å². The molecule has 0 bridgehead atoms. The third kappa shape index (κ3) is 4.25. The van der Waals surface area contributed by atoms with Crippen LogP contribution in [0.2, 0.25) is 0 Å². The molecule has 1 fully saturated rings. The van der Waals surface area contributed by atoms with Crippen molar-refractivity contribution in [2.45, 2.75) is 39.3 Å². The number of pyridine rings is 1. The Hall–Kier alpha value is -1.46. The van der Waals surface area contributed by atoms with Crippen LogP contribution in [-0.4, -0.2) is 36.7 Å². The molecule has 5 heteroatoms. The van der Waals surface area contributed by atoms with E-state index in [1.165, 1.54) is 5.56 Å². The minimum Gasteiger partial charge on any atom is -0.379 e. The fourth-order valence-electron chi connectivity index (χ4n) is 2.60. The van der Waals surface area contributed by atoms with E-state index in [4.69, 9.17) is 4.74 Å². The van der Waals surface area contributed by atoms with Crippen LogP contribution >= 0.6 is 0 Å². The van der Waals surface area contributed by atoms with Crippen molar-refractivity contribution < 1.29 is 9.53 Å². The molecular formula is C16H25N3O2. The van der Waals surface area contributed by atoms with Gasteiger partial charge in [-0.1, -0.05) is 19.9 Å². The van der Waals surface area contributed by atoms with E-state index in [2.05, 4.69) is 35.5 Å². The highest BCUT2D eigenvalue weighted by Crippen LogP contribution is 2.14. The van der Waals surface area contributed by atoms with E-state index in [0.717, 1.165) is 25.1 Å². The lowest BCUT2D eigenvalue weighted by Crippen LogP contribution is -2.44. The van der Waals surface area contributed by atoms with E-state index in [1.807, 2.05) is 6.07 Å². The van der Waals surface area contributed by atoms with Gasteiger partial charge in [0.1, 0.15) is 0 Å². The van der Waals surface area contributed by atoms with Gasteiger partial charge in [0.2, 0.25) is 5.91 Å². The molecule has 0 radical (unpaired) electrons. The second kappa shape index (κ2) is 8.10. The molecule has 2 unspecified atom stereocenters. The van der Waals surface area contributed by atoms with E-state index in [0.29, 0.717) is 19.8 Å². The third-order valence-corrected chi connectivity index (χ3v) is 3.87. The summed E-state index contributed by atoms with van der Waals surface area (Å²) in [5.74, 6) is -0.0563. The van der Waals surface area contributed by atoms with Gasteiger partial charge >= 0.3 is 0 Å². The van der Waals surface area contributed by atoms with Gasteiger partial charge in [0.15, 0.2) is 0 Å². The molecule has 1 aromatic rings. The van der Waals surface area contributed by atoms with Crippen molar-refractivity contribution in [1.82, 2.24) is 15.6 Å². The van der Waals surface area contributed by atoms with Gasteiger partial charge in [0.25, 0.3) is 0 Å². The topological polar surface area (TPSA) is 63.2 Å². The van der Waals surface area contributed by atoms with Gasteiger partial charge in [-0.15, -0.1) is 0 Å². The summed E-state index contributed by atoms with van der Waals surface area (Å²) in [6, 6.07) is 4.11. The maximum absolute atomic E-state index is 12.3. The molecule has 5 nitrogen and oxygen atoms in total. The molecule has 0 aromatic carbocycles. The van der Waals surface area contributed by atoms with Crippen molar-refractivity contribution in [1.29, 1.82) is 0 Å². The normalized spacial score (nSPS) is 21.4. The Kier molecular flexibility index (Phi) is 6.14. The molecule has 2 atom stereocenters. The number of carbonyl (C=O) groups is 1. The zero-order chi connectivity index (χ0) is 15.1. The Morgan fingerprint density at radius 3 is 3.05 bits per heavy atom. The molecule has 0 saturated carbocycles. The number of nitrogens with one attached hydrogen (secondary N) is 2. The van der Waals surface area contributed by atoms with Gasteiger partial charge in [-0.05, 0) is 31.0 Å². The van der Waals surface area contributed by atoms with Gasteiger partial charge in [-0.25, -0.2) is 0 Å². The fraction of sp³-hybridized carbons (Fsp3) is 0.625. The van der Waals surface area contributed by atoms with Crippen molar-refractivity contribution in [2.75, 3.05) is 19.8 Å². The average Bonchev–Trinajstić information content (AvgIpc) is 2.99. The molecule has 1 aromatic heterocycles. The second-order valence-corrected chi connectivity index (χ2v) is 5.39. The highest BCUT2D eigenvalue weighted by atomic mass is 16.5. The Morgan fingerprint density at radius 1 is 1.43 bits per heavy atom. The molecule has 1 aliphatic heterocycles. The molecule has 1 saturated heterocycles. The maximum Gasteiger partial charge on any atom is 0.227 e. The van der Waals surface area contributed by atoms with E-state index < -0.39 is 0 Å². The number of hydrogen-bond donors (Lipinski definition) is 2. The number of hydrogen-bond acceptors (Lipinski definition) is 4. The van der Waals surface area contributed by atoms with Crippen LogP contribution in [0.25, 0.3) is 0 Å². The molecule has 1 amide bonds. The van der Waals surface area contributed by atoms with Crippen LogP contribution in [-0.2, 0) is 22.5 Å². The quantitative estimate of drug-likeness (QED) is 0.794. The van der Waals surface area contributed by atoms with Gasteiger partial charge in [-0.2, -0.15) is 0 Å². The van der Waals surface area contributed by atoms with Crippen molar-refractivity contribution in [3.8, 4) is 0 Å². The van der Waals surface area contributed by atoms with Gasteiger partial charge in [0, 0.05) is 12.2 Å². The summed E-state index contributed by atoms with van der Waals surface area (Å²) in [4.78, 5) is 16.7. The Morgan fingerprint density at radius 2 is 2.29 bits per heavy atom. The summed E-state index contributed by atoms with van der Waals surface area (Å²) < 4.78 is 5.45. The van der Waals surface area contributed by atoms with Crippen LogP contribution in [0.4, 0.5) is 0 Å². The highest BCUT2D eigenvalue weighted by molar-refractivity contribution is 5.79. The van der Waals surface area contributed by atoms with E-state index in [-0.39, 0.29) is 17.9 Å². The largest absolute Gasteiger partial charge is 0.379 e. The molecule has 2 N–H and O–H groups in total. The first-order chi connectivity index (χ1) is 10.3. The minimum absolute atomic E-state index is 0.0498. The Balaban J connectivity index is 1.89. The molecular weight excluding hydrogens is 266 g/mol. The van der Waals surface area contributed by atoms with Gasteiger partial charge in [-0.3, -0.25) is 9.78 Å². The maximum atomic E-state index is 12.3. The summed E-state index contributed by atoms with van der Waals surface area (Å²) in [5, 5.41) is 6.38. The van der Waals surface area contributed by atoms with Crippen LogP contribution in [0.3, 0.4) is 0 Å². The number of nitrogens with zero attached hydrogens (tertiary/aromatic N) is 1. The predicted molar refractivity (Wildman–Crippen MR) is 81.9 cm³/mol. The van der Waals surface area contributed by atoms with Crippen molar-refractivity contribution in [2.24, 2.45) is 5.92 Å². The van der Waals surface area contributed by atoms with Crippen LogP contribution in [0.15, 0.2) is 18.3 Å². The summed E-state index contributed by atoms with van der Waals surface area (Å²) in [5.41, 5.74) is 2.13. The molecule has 116 valence electrons. The molecule has 21 heavy (non-hydrogen) atoms. The van der Waals surface area contributed by atoms with Crippen molar-refractivity contribution in [3.05, 3.63) is 29.6 Å². The molecule has 0 aliphatic carbocycles. The molecule has 1 aliphatic rings. The standard InChI is InChI=1S/C16H25N3O2/c1-3-7-17-15-11-21-10-13(15)16(20)19-9-14-12(4-2)6-5-8-18-14/h5-6,8,13,15,17H,3-4,7,9-11H2,1-2H3,(H,19,20). The Labute approximate surface area is 126 Å². The molecule has 0 spiro atoms. The number of aryl methyl sites for hydroxylation is 1. The summed E-state index contributed by atoms with van der Waals surface area (Å²) in [7, 11) is 0. The average molecular weight is 291 g/mol. The lowest BCUT2D eigenvalue weighted by Gasteiger charge is -2.18. The zero-order valence-corrected chi connectivity index (χ0v) is 12.9. The van der Waals surface area contributed by atoms with Crippen LogP contribution < -0.4 is 10.6 Å². The second-order valence-electron chi connectivity index (χ2n) is 5.39. The van der Waals surface area contributed by atoms with Crippen LogP contribution in [0.1, 0.15) is 31.5 Å². The smallest absolute Gasteiger partial charge is 0.227 e. The van der Waals surface area contributed by atoms with Crippen molar-refractivity contribution in [3.63, 3.8) is 0 Å². The number of aromatic nitrogens is 1. The first-order valence-corrected chi connectivity index (χ1v) is 7.77. The number of ether oxygens (including phenoxy) is 1. The number of amides is 1. The lowest BCUT2D eigenvalue weighted by atomic mass is 10.0. The molecule has 2 rings (SSSR count). The summed E-state index contributed by atoms with van der Waals surface area (Å²) >= 11 is 0. The highest BCUT2D eigenvalue weighted by Gasteiger charge is 2.33. The summed E-state index contributed by atoms with van der Waals surface area (Å²) in [6.45, 7) is 6.72. The predicted octanol–water partition coefficient (Wildman–Crippen LogP) is 1.27. The van der Waals surface area contributed by atoms with Crippen LogP contribution in [0.5, 0.6) is 0 Å².